The molecular formula is C12H16N2O4. The minimum atomic E-state index is -0.955. The molecule has 0 saturated heterocycles. The van der Waals surface area contributed by atoms with Crippen LogP contribution in [0.15, 0.2) is 18.2 Å². The van der Waals surface area contributed by atoms with Crippen LogP contribution in [-0.2, 0) is 4.79 Å². The van der Waals surface area contributed by atoms with E-state index in [1.54, 1.807) is 26.0 Å². The van der Waals surface area contributed by atoms with E-state index < -0.39 is 16.9 Å². The number of benzene rings is 1. The van der Waals surface area contributed by atoms with Crippen LogP contribution in [0.1, 0.15) is 31.0 Å². The molecule has 6 nitrogen and oxygen atoms in total. The number of rotatable bonds is 5. The van der Waals surface area contributed by atoms with Gasteiger partial charge in [0.15, 0.2) is 0 Å². The first-order chi connectivity index (χ1) is 8.32. The maximum Gasteiger partial charge on any atom is 0.320 e. The van der Waals surface area contributed by atoms with Gasteiger partial charge in [0.1, 0.15) is 6.04 Å². The number of nitro benzene ring substituents is 1. The number of aliphatic carboxylic acids is 1. The Hall–Kier alpha value is -1.95. The Bertz CT molecular complexity index is 473. The zero-order chi connectivity index (χ0) is 13.9. The second kappa shape index (κ2) is 5.59. The van der Waals surface area contributed by atoms with Gasteiger partial charge in [-0.05, 0) is 26.3 Å². The summed E-state index contributed by atoms with van der Waals surface area (Å²) in [6.07, 6.45) is 0. The third kappa shape index (κ3) is 3.27. The quantitative estimate of drug-likeness (QED) is 0.617. The lowest BCUT2D eigenvalue weighted by Crippen LogP contribution is -2.35. The average Bonchev–Trinajstić information content (AvgIpc) is 2.28. The van der Waals surface area contributed by atoms with Crippen LogP contribution in [0.4, 0.5) is 5.69 Å². The molecule has 1 aromatic carbocycles. The Morgan fingerprint density at radius 3 is 2.56 bits per heavy atom. The van der Waals surface area contributed by atoms with Crippen LogP contribution >= 0.6 is 0 Å². The van der Waals surface area contributed by atoms with Gasteiger partial charge in [-0.1, -0.05) is 12.1 Å². The number of nitro groups is 1. The fourth-order valence-corrected chi connectivity index (χ4v) is 1.63. The Kier molecular flexibility index (Phi) is 4.38. The van der Waals surface area contributed by atoms with Gasteiger partial charge in [0, 0.05) is 17.7 Å². The summed E-state index contributed by atoms with van der Waals surface area (Å²) in [5.74, 6) is -0.955. The molecule has 0 fully saturated rings. The molecule has 0 aliphatic heterocycles. The van der Waals surface area contributed by atoms with Gasteiger partial charge < -0.3 is 5.11 Å². The van der Waals surface area contributed by atoms with Gasteiger partial charge in [-0.3, -0.25) is 20.2 Å². The summed E-state index contributed by atoms with van der Waals surface area (Å²) in [5.41, 5.74) is 1.33. The highest BCUT2D eigenvalue weighted by Crippen LogP contribution is 2.23. The topological polar surface area (TPSA) is 92.5 Å². The van der Waals surface area contributed by atoms with Crippen LogP contribution in [0.3, 0.4) is 0 Å². The summed E-state index contributed by atoms with van der Waals surface area (Å²) >= 11 is 0. The zero-order valence-corrected chi connectivity index (χ0v) is 10.5. The number of nitrogens with zero attached hydrogens (tertiary/aromatic N) is 1. The smallest absolute Gasteiger partial charge is 0.320 e. The van der Waals surface area contributed by atoms with Crippen molar-refractivity contribution in [3.05, 3.63) is 39.4 Å². The van der Waals surface area contributed by atoms with Gasteiger partial charge in [0.25, 0.3) is 5.69 Å². The fraction of sp³-hybridized carbons (Fsp3) is 0.417. The van der Waals surface area contributed by atoms with E-state index in [-0.39, 0.29) is 11.7 Å². The summed E-state index contributed by atoms with van der Waals surface area (Å²) < 4.78 is 0. The second-order valence-electron chi connectivity index (χ2n) is 4.25. The van der Waals surface area contributed by atoms with E-state index in [4.69, 9.17) is 5.11 Å². The third-order valence-electron chi connectivity index (χ3n) is 2.80. The van der Waals surface area contributed by atoms with Gasteiger partial charge in [-0.15, -0.1) is 0 Å². The molecule has 2 atom stereocenters. The van der Waals surface area contributed by atoms with Crippen molar-refractivity contribution in [2.45, 2.75) is 32.9 Å². The van der Waals surface area contributed by atoms with Crippen LogP contribution < -0.4 is 5.32 Å². The molecule has 2 unspecified atom stereocenters. The molecule has 0 spiro atoms. The number of aryl methyl sites for hydroxylation is 1. The van der Waals surface area contributed by atoms with Crippen LogP contribution in [0.5, 0.6) is 0 Å². The maximum atomic E-state index is 10.8. The zero-order valence-electron chi connectivity index (χ0n) is 10.5. The molecule has 6 heteroatoms. The molecule has 0 radical (unpaired) electrons. The van der Waals surface area contributed by atoms with Crippen LogP contribution in [0.2, 0.25) is 0 Å². The van der Waals surface area contributed by atoms with Crippen LogP contribution in [0.25, 0.3) is 0 Å². The highest BCUT2D eigenvalue weighted by Gasteiger charge is 2.18. The summed E-state index contributed by atoms with van der Waals surface area (Å²) in [5, 5.41) is 22.5. The number of nitrogens with one attached hydrogen (secondary N) is 1. The van der Waals surface area contributed by atoms with Crippen molar-refractivity contribution in [2.24, 2.45) is 0 Å². The molecule has 98 valence electrons. The molecule has 0 bridgehead atoms. The molecule has 1 rings (SSSR count). The molecule has 0 saturated carbocycles. The number of hydrogen-bond donors (Lipinski definition) is 2. The van der Waals surface area contributed by atoms with Crippen molar-refractivity contribution in [1.82, 2.24) is 5.32 Å². The molecule has 0 aliphatic carbocycles. The number of hydrogen-bond acceptors (Lipinski definition) is 4. The van der Waals surface area contributed by atoms with Crippen molar-refractivity contribution in [2.75, 3.05) is 0 Å². The van der Waals surface area contributed by atoms with E-state index in [0.717, 1.165) is 0 Å². The van der Waals surface area contributed by atoms with Crippen LogP contribution in [0, 0.1) is 17.0 Å². The molecule has 18 heavy (non-hydrogen) atoms. The second-order valence-corrected chi connectivity index (χ2v) is 4.25. The molecule has 0 aromatic heterocycles. The summed E-state index contributed by atoms with van der Waals surface area (Å²) in [6.45, 7) is 4.97. The Balaban J connectivity index is 2.93. The fourth-order valence-electron chi connectivity index (χ4n) is 1.63. The van der Waals surface area contributed by atoms with Crippen molar-refractivity contribution >= 4 is 11.7 Å². The molecule has 1 aromatic rings. The highest BCUT2D eigenvalue weighted by atomic mass is 16.6. The van der Waals surface area contributed by atoms with Gasteiger partial charge in [0.05, 0.1) is 4.92 Å². The maximum absolute atomic E-state index is 10.8. The molecule has 0 heterocycles. The van der Waals surface area contributed by atoms with Crippen molar-refractivity contribution < 1.29 is 14.8 Å². The van der Waals surface area contributed by atoms with E-state index in [2.05, 4.69) is 5.32 Å². The number of carboxylic acids is 1. The third-order valence-corrected chi connectivity index (χ3v) is 2.80. The standard InChI is InChI=1S/C12H16N2O4/c1-7-4-5-10(6-11(7)14(17)18)8(2)13-9(3)12(15)16/h4-6,8-9,13H,1-3H3,(H,15,16). The van der Waals surface area contributed by atoms with Crippen molar-refractivity contribution in [3.63, 3.8) is 0 Å². The van der Waals surface area contributed by atoms with E-state index >= 15 is 0 Å². The Morgan fingerprint density at radius 1 is 1.44 bits per heavy atom. The van der Waals surface area contributed by atoms with Crippen LogP contribution in [-0.4, -0.2) is 22.0 Å². The van der Waals surface area contributed by atoms with Gasteiger partial charge >= 0.3 is 5.97 Å². The van der Waals surface area contributed by atoms with Gasteiger partial charge in [-0.2, -0.15) is 0 Å². The van der Waals surface area contributed by atoms with E-state index in [0.29, 0.717) is 11.1 Å². The van der Waals surface area contributed by atoms with Crippen molar-refractivity contribution in [3.8, 4) is 0 Å². The highest BCUT2D eigenvalue weighted by molar-refractivity contribution is 5.72. The lowest BCUT2D eigenvalue weighted by Gasteiger charge is -2.17. The number of carboxylic acid groups (broad SMARTS) is 1. The predicted octanol–water partition coefficient (Wildman–Crippen LogP) is 2.03. The first-order valence-corrected chi connectivity index (χ1v) is 5.56. The minimum Gasteiger partial charge on any atom is -0.480 e. The minimum absolute atomic E-state index is 0.0455. The number of carbonyl (C=O) groups is 1. The monoisotopic (exact) mass is 252 g/mol. The normalized spacial score (nSPS) is 13.9. The van der Waals surface area contributed by atoms with E-state index in [1.807, 2.05) is 0 Å². The first kappa shape index (κ1) is 14.1. The predicted molar refractivity (Wildman–Crippen MR) is 66.5 cm³/mol. The largest absolute Gasteiger partial charge is 0.480 e. The first-order valence-electron chi connectivity index (χ1n) is 5.56. The lowest BCUT2D eigenvalue weighted by molar-refractivity contribution is -0.385. The molecule has 2 N–H and O–H groups in total. The van der Waals surface area contributed by atoms with Crippen molar-refractivity contribution in [1.29, 1.82) is 0 Å². The molecular weight excluding hydrogens is 236 g/mol. The lowest BCUT2D eigenvalue weighted by atomic mass is 10.0. The van der Waals surface area contributed by atoms with Gasteiger partial charge in [-0.25, -0.2) is 0 Å². The summed E-state index contributed by atoms with van der Waals surface area (Å²) in [7, 11) is 0. The molecule has 0 amide bonds. The Labute approximate surface area is 105 Å². The summed E-state index contributed by atoms with van der Waals surface area (Å²) in [6, 6.07) is 3.92. The van der Waals surface area contributed by atoms with Gasteiger partial charge in [0.2, 0.25) is 0 Å². The van der Waals surface area contributed by atoms with E-state index in [1.165, 1.54) is 13.0 Å². The SMILES string of the molecule is Cc1ccc(C(C)NC(C)C(=O)O)cc1[N+](=O)[O-]. The average molecular weight is 252 g/mol. The Morgan fingerprint density at radius 2 is 2.06 bits per heavy atom. The molecule has 0 aliphatic rings. The van der Waals surface area contributed by atoms with E-state index in [9.17, 15) is 14.9 Å². The summed E-state index contributed by atoms with van der Waals surface area (Å²) in [4.78, 5) is 21.1.